The van der Waals surface area contributed by atoms with Crippen LogP contribution in [0.3, 0.4) is 0 Å². The Labute approximate surface area is 148 Å². The van der Waals surface area contributed by atoms with Gasteiger partial charge < -0.3 is 15.4 Å². The van der Waals surface area contributed by atoms with Gasteiger partial charge in [0.05, 0.1) is 6.10 Å². The molecule has 6 heteroatoms. The first-order chi connectivity index (χ1) is 12.1. The van der Waals surface area contributed by atoms with Gasteiger partial charge in [-0.3, -0.25) is 4.79 Å². The predicted molar refractivity (Wildman–Crippen MR) is 96.6 cm³/mol. The number of nitrogens with zero attached hydrogens (tertiary/aromatic N) is 2. The number of benzene rings is 1. The molecule has 132 valence electrons. The molecule has 1 aromatic heterocycles. The number of hydrogen-bond acceptors (Lipinski definition) is 5. The lowest BCUT2D eigenvalue weighted by atomic mass is 10.1. The standard InChI is InChI=1S/C19H24N4O2/c1-13-5-3-6-15(9-13)11-21-19-22-14(2)10-17(23-19)18(24)20-12-16-7-4-8-25-16/h3,5-6,9-10,16H,4,7-8,11-12H2,1-2H3,(H,20,24)(H,21,22,23). The minimum absolute atomic E-state index is 0.116. The second kappa shape index (κ2) is 8.07. The van der Waals surface area contributed by atoms with Crippen LogP contribution in [0.1, 0.15) is 40.2 Å². The molecule has 6 nitrogen and oxygen atoms in total. The first-order valence-corrected chi connectivity index (χ1v) is 8.65. The highest BCUT2D eigenvalue weighted by molar-refractivity contribution is 5.92. The van der Waals surface area contributed by atoms with Gasteiger partial charge in [-0.2, -0.15) is 0 Å². The van der Waals surface area contributed by atoms with Gasteiger partial charge in [0.1, 0.15) is 5.69 Å². The van der Waals surface area contributed by atoms with E-state index < -0.39 is 0 Å². The van der Waals surface area contributed by atoms with Crippen molar-refractivity contribution in [3.05, 3.63) is 52.8 Å². The van der Waals surface area contributed by atoms with Crippen molar-refractivity contribution < 1.29 is 9.53 Å². The lowest BCUT2D eigenvalue weighted by Crippen LogP contribution is -2.32. The van der Waals surface area contributed by atoms with Gasteiger partial charge in [0.15, 0.2) is 0 Å². The molecule has 1 unspecified atom stereocenters. The Hall–Kier alpha value is -2.47. The normalized spacial score (nSPS) is 16.6. The number of anilines is 1. The van der Waals surface area contributed by atoms with Crippen molar-refractivity contribution in [1.29, 1.82) is 0 Å². The molecule has 0 radical (unpaired) electrons. The Morgan fingerprint density at radius 3 is 2.92 bits per heavy atom. The van der Waals surface area contributed by atoms with Gasteiger partial charge in [0.2, 0.25) is 5.95 Å². The lowest BCUT2D eigenvalue weighted by molar-refractivity contribution is 0.0853. The highest BCUT2D eigenvalue weighted by Crippen LogP contribution is 2.12. The second-order valence-corrected chi connectivity index (χ2v) is 6.41. The Kier molecular flexibility index (Phi) is 5.60. The van der Waals surface area contributed by atoms with Gasteiger partial charge >= 0.3 is 0 Å². The summed E-state index contributed by atoms with van der Waals surface area (Å²) in [5, 5.41) is 6.09. The summed E-state index contributed by atoms with van der Waals surface area (Å²) >= 11 is 0. The van der Waals surface area contributed by atoms with Crippen LogP contribution < -0.4 is 10.6 Å². The van der Waals surface area contributed by atoms with Crippen LogP contribution in [0.5, 0.6) is 0 Å². The molecule has 2 aromatic rings. The Morgan fingerprint density at radius 1 is 1.28 bits per heavy atom. The third kappa shape index (κ3) is 5.00. The third-order valence-electron chi connectivity index (χ3n) is 4.13. The number of ether oxygens (including phenoxy) is 1. The zero-order valence-corrected chi connectivity index (χ0v) is 14.7. The van der Waals surface area contributed by atoms with Crippen molar-refractivity contribution in [2.75, 3.05) is 18.5 Å². The van der Waals surface area contributed by atoms with Crippen LogP contribution in [-0.2, 0) is 11.3 Å². The molecule has 1 aromatic carbocycles. The van der Waals surface area contributed by atoms with Crippen LogP contribution in [0.2, 0.25) is 0 Å². The second-order valence-electron chi connectivity index (χ2n) is 6.41. The van der Waals surface area contributed by atoms with E-state index >= 15 is 0 Å². The Bertz CT molecular complexity index is 742. The number of carbonyl (C=O) groups is 1. The zero-order chi connectivity index (χ0) is 17.6. The van der Waals surface area contributed by atoms with Gasteiger partial charge in [-0.15, -0.1) is 0 Å². The molecule has 3 rings (SSSR count). The summed E-state index contributed by atoms with van der Waals surface area (Å²) in [6.07, 6.45) is 2.16. The molecule has 2 N–H and O–H groups in total. The fraction of sp³-hybridized carbons (Fsp3) is 0.421. The maximum Gasteiger partial charge on any atom is 0.270 e. The number of hydrogen-bond donors (Lipinski definition) is 2. The number of aryl methyl sites for hydroxylation is 2. The van der Waals surface area contributed by atoms with E-state index in [0.29, 0.717) is 24.7 Å². The largest absolute Gasteiger partial charge is 0.376 e. The number of nitrogens with one attached hydrogen (secondary N) is 2. The lowest BCUT2D eigenvalue weighted by Gasteiger charge is -2.12. The molecule has 1 aliphatic heterocycles. The molecule has 0 saturated carbocycles. The molecule has 1 amide bonds. The molecule has 1 aliphatic rings. The average Bonchev–Trinajstić information content (AvgIpc) is 3.11. The van der Waals surface area contributed by atoms with E-state index in [2.05, 4.69) is 39.7 Å². The smallest absolute Gasteiger partial charge is 0.270 e. The van der Waals surface area contributed by atoms with Crippen molar-refractivity contribution in [3.63, 3.8) is 0 Å². The molecule has 0 aliphatic carbocycles. The SMILES string of the molecule is Cc1cccc(CNc2nc(C)cc(C(=O)NCC3CCCO3)n2)c1. The van der Waals surface area contributed by atoms with Crippen molar-refractivity contribution in [3.8, 4) is 0 Å². The predicted octanol–water partition coefficient (Wildman–Crippen LogP) is 2.61. The molecule has 0 spiro atoms. The van der Waals surface area contributed by atoms with Crippen LogP contribution >= 0.6 is 0 Å². The summed E-state index contributed by atoms with van der Waals surface area (Å²) in [6, 6.07) is 9.93. The quantitative estimate of drug-likeness (QED) is 0.845. The molecule has 2 heterocycles. The molecular weight excluding hydrogens is 316 g/mol. The van der Waals surface area contributed by atoms with E-state index in [4.69, 9.17) is 4.74 Å². The van der Waals surface area contributed by atoms with E-state index in [1.54, 1.807) is 6.07 Å². The van der Waals surface area contributed by atoms with Gasteiger partial charge in [-0.25, -0.2) is 9.97 Å². The Balaban J connectivity index is 1.62. The van der Waals surface area contributed by atoms with Crippen molar-refractivity contribution >= 4 is 11.9 Å². The first-order valence-electron chi connectivity index (χ1n) is 8.65. The van der Waals surface area contributed by atoms with Gasteiger partial charge in [0.25, 0.3) is 5.91 Å². The fourth-order valence-corrected chi connectivity index (χ4v) is 2.87. The number of carbonyl (C=O) groups excluding carboxylic acids is 1. The summed E-state index contributed by atoms with van der Waals surface area (Å²) < 4.78 is 5.52. The maximum atomic E-state index is 12.3. The van der Waals surface area contributed by atoms with E-state index in [-0.39, 0.29) is 12.0 Å². The molecule has 0 bridgehead atoms. The van der Waals surface area contributed by atoms with Crippen LogP contribution in [0, 0.1) is 13.8 Å². The fourth-order valence-electron chi connectivity index (χ4n) is 2.87. The van der Waals surface area contributed by atoms with Crippen molar-refractivity contribution in [2.24, 2.45) is 0 Å². The minimum atomic E-state index is -0.195. The van der Waals surface area contributed by atoms with Crippen LogP contribution in [0.15, 0.2) is 30.3 Å². The molecular formula is C19H24N4O2. The number of amides is 1. The summed E-state index contributed by atoms with van der Waals surface area (Å²) in [5.74, 6) is 0.267. The zero-order valence-electron chi connectivity index (χ0n) is 14.7. The maximum absolute atomic E-state index is 12.3. The summed E-state index contributed by atoms with van der Waals surface area (Å²) in [4.78, 5) is 21.0. The number of aromatic nitrogens is 2. The van der Waals surface area contributed by atoms with Crippen LogP contribution in [0.25, 0.3) is 0 Å². The Morgan fingerprint density at radius 2 is 2.16 bits per heavy atom. The summed E-state index contributed by atoms with van der Waals surface area (Å²) in [5.41, 5.74) is 3.48. The molecule has 1 atom stereocenters. The van der Waals surface area contributed by atoms with Crippen LogP contribution in [0.4, 0.5) is 5.95 Å². The molecule has 1 saturated heterocycles. The van der Waals surface area contributed by atoms with Crippen LogP contribution in [-0.4, -0.2) is 35.1 Å². The van der Waals surface area contributed by atoms with Gasteiger partial charge in [-0.1, -0.05) is 29.8 Å². The van der Waals surface area contributed by atoms with E-state index in [0.717, 1.165) is 30.7 Å². The van der Waals surface area contributed by atoms with E-state index in [1.165, 1.54) is 5.56 Å². The summed E-state index contributed by atoms with van der Waals surface area (Å²) in [7, 11) is 0. The highest BCUT2D eigenvalue weighted by Gasteiger charge is 2.17. The van der Waals surface area contributed by atoms with Crippen molar-refractivity contribution in [1.82, 2.24) is 15.3 Å². The number of rotatable bonds is 6. The average molecular weight is 340 g/mol. The van der Waals surface area contributed by atoms with E-state index in [1.807, 2.05) is 19.1 Å². The van der Waals surface area contributed by atoms with E-state index in [9.17, 15) is 4.79 Å². The summed E-state index contributed by atoms with van der Waals surface area (Å²) in [6.45, 7) is 5.83. The minimum Gasteiger partial charge on any atom is -0.376 e. The topological polar surface area (TPSA) is 76.1 Å². The monoisotopic (exact) mass is 340 g/mol. The van der Waals surface area contributed by atoms with Gasteiger partial charge in [0, 0.05) is 25.4 Å². The first kappa shape index (κ1) is 17.4. The van der Waals surface area contributed by atoms with Gasteiger partial charge in [-0.05, 0) is 38.3 Å². The highest BCUT2D eigenvalue weighted by atomic mass is 16.5. The third-order valence-corrected chi connectivity index (χ3v) is 4.13. The molecule has 1 fully saturated rings. The van der Waals surface area contributed by atoms with Crippen molar-refractivity contribution in [2.45, 2.75) is 39.3 Å². The molecule has 25 heavy (non-hydrogen) atoms.